The van der Waals surface area contributed by atoms with E-state index in [4.69, 9.17) is 0 Å². The Labute approximate surface area is 112 Å². The Hall–Kier alpha value is -1.41. The van der Waals surface area contributed by atoms with Crippen LogP contribution in [0.15, 0.2) is 18.2 Å². The molecule has 0 N–H and O–H groups in total. The molecule has 1 aromatic heterocycles. The SMILES string of the molecule is Cc1cc(C)c(C(=O)c2cc(C)sc2C)c(C)c1. The summed E-state index contributed by atoms with van der Waals surface area (Å²) in [6.45, 7) is 10.2. The minimum Gasteiger partial charge on any atom is -0.289 e. The van der Waals surface area contributed by atoms with Crippen molar-refractivity contribution in [1.82, 2.24) is 0 Å². The van der Waals surface area contributed by atoms with Crippen molar-refractivity contribution in [3.63, 3.8) is 0 Å². The minimum absolute atomic E-state index is 0.159. The van der Waals surface area contributed by atoms with Gasteiger partial charge in [0.2, 0.25) is 0 Å². The second kappa shape index (κ2) is 4.69. The molecule has 94 valence electrons. The highest BCUT2D eigenvalue weighted by atomic mass is 32.1. The maximum atomic E-state index is 12.6. The van der Waals surface area contributed by atoms with E-state index in [0.717, 1.165) is 27.1 Å². The van der Waals surface area contributed by atoms with Gasteiger partial charge in [-0.3, -0.25) is 4.79 Å². The number of thiophene rings is 1. The molecule has 1 heterocycles. The highest BCUT2D eigenvalue weighted by molar-refractivity contribution is 7.12. The van der Waals surface area contributed by atoms with Gasteiger partial charge in [0.1, 0.15) is 0 Å². The number of aryl methyl sites for hydroxylation is 5. The average molecular weight is 258 g/mol. The number of benzene rings is 1. The van der Waals surface area contributed by atoms with E-state index in [1.807, 2.05) is 33.8 Å². The van der Waals surface area contributed by atoms with Crippen molar-refractivity contribution in [2.75, 3.05) is 0 Å². The minimum atomic E-state index is 0.159. The van der Waals surface area contributed by atoms with Crippen molar-refractivity contribution in [1.29, 1.82) is 0 Å². The van der Waals surface area contributed by atoms with Crippen molar-refractivity contribution < 1.29 is 4.79 Å². The molecule has 2 heteroatoms. The molecular formula is C16H18OS. The number of rotatable bonds is 2. The largest absolute Gasteiger partial charge is 0.289 e. The zero-order chi connectivity index (χ0) is 13.4. The Morgan fingerprint density at radius 3 is 1.94 bits per heavy atom. The van der Waals surface area contributed by atoms with Gasteiger partial charge in [-0.1, -0.05) is 17.7 Å². The summed E-state index contributed by atoms with van der Waals surface area (Å²) in [6.07, 6.45) is 0. The topological polar surface area (TPSA) is 17.1 Å². The summed E-state index contributed by atoms with van der Waals surface area (Å²) in [5.41, 5.74) is 5.07. The van der Waals surface area contributed by atoms with Gasteiger partial charge >= 0.3 is 0 Å². The molecule has 1 nitrogen and oxygen atoms in total. The summed E-state index contributed by atoms with van der Waals surface area (Å²) in [4.78, 5) is 14.9. The van der Waals surface area contributed by atoms with Crippen molar-refractivity contribution in [2.45, 2.75) is 34.6 Å². The molecule has 0 bridgehead atoms. The van der Waals surface area contributed by atoms with Crippen LogP contribution in [-0.2, 0) is 0 Å². The first-order valence-corrected chi connectivity index (χ1v) is 6.91. The van der Waals surface area contributed by atoms with Gasteiger partial charge in [-0.25, -0.2) is 0 Å². The molecule has 2 rings (SSSR count). The van der Waals surface area contributed by atoms with Crippen LogP contribution >= 0.6 is 11.3 Å². The Kier molecular flexibility index (Phi) is 3.40. The third-order valence-corrected chi connectivity index (χ3v) is 4.16. The van der Waals surface area contributed by atoms with Crippen LogP contribution in [0.1, 0.15) is 42.4 Å². The fraction of sp³-hybridized carbons (Fsp3) is 0.312. The van der Waals surface area contributed by atoms with E-state index < -0.39 is 0 Å². The second-order valence-corrected chi connectivity index (χ2v) is 6.39. The quantitative estimate of drug-likeness (QED) is 0.724. The average Bonchev–Trinajstić information content (AvgIpc) is 2.56. The summed E-state index contributed by atoms with van der Waals surface area (Å²) in [5, 5.41) is 0. The van der Waals surface area contributed by atoms with Crippen molar-refractivity contribution in [2.24, 2.45) is 0 Å². The molecule has 0 fully saturated rings. The molecule has 0 amide bonds. The van der Waals surface area contributed by atoms with Crippen molar-refractivity contribution >= 4 is 17.1 Å². The van der Waals surface area contributed by atoms with E-state index in [1.54, 1.807) is 11.3 Å². The second-order valence-electron chi connectivity index (χ2n) is 4.93. The van der Waals surface area contributed by atoms with Crippen LogP contribution in [0.3, 0.4) is 0 Å². The summed E-state index contributed by atoms with van der Waals surface area (Å²) >= 11 is 1.69. The predicted molar refractivity (Wildman–Crippen MR) is 77.9 cm³/mol. The van der Waals surface area contributed by atoms with Gasteiger partial charge in [0.15, 0.2) is 5.78 Å². The highest BCUT2D eigenvalue weighted by Crippen LogP contribution is 2.26. The molecule has 2 aromatic rings. The van der Waals surface area contributed by atoms with Crippen LogP contribution in [0.5, 0.6) is 0 Å². The fourth-order valence-corrected chi connectivity index (χ4v) is 3.45. The van der Waals surface area contributed by atoms with Gasteiger partial charge in [-0.15, -0.1) is 11.3 Å². The molecule has 0 saturated carbocycles. The zero-order valence-electron chi connectivity index (χ0n) is 11.5. The molecule has 0 spiro atoms. The lowest BCUT2D eigenvalue weighted by Gasteiger charge is -2.10. The lowest BCUT2D eigenvalue weighted by molar-refractivity contribution is 0.103. The van der Waals surface area contributed by atoms with E-state index in [1.165, 1.54) is 10.4 Å². The molecule has 0 atom stereocenters. The molecule has 0 aliphatic rings. The van der Waals surface area contributed by atoms with Crippen LogP contribution in [0.25, 0.3) is 0 Å². The number of hydrogen-bond donors (Lipinski definition) is 0. The van der Waals surface area contributed by atoms with Gasteiger partial charge in [0, 0.05) is 20.9 Å². The van der Waals surface area contributed by atoms with E-state index in [9.17, 15) is 4.79 Å². The number of hydrogen-bond acceptors (Lipinski definition) is 2. The molecule has 0 saturated heterocycles. The number of carbonyl (C=O) groups is 1. The molecule has 0 radical (unpaired) electrons. The maximum Gasteiger partial charge on any atom is 0.194 e. The number of ketones is 1. The van der Waals surface area contributed by atoms with Crippen LogP contribution in [0.2, 0.25) is 0 Å². The third kappa shape index (κ3) is 2.25. The van der Waals surface area contributed by atoms with E-state index in [2.05, 4.69) is 19.1 Å². The number of carbonyl (C=O) groups excluding carboxylic acids is 1. The Balaban J connectivity index is 2.56. The fourth-order valence-electron chi connectivity index (χ4n) is 2.53. The van der Waals surface area contributed by atoms with Crippen molar-refractivity contribution in [3.05, 3.63) is 55.8 Å². The van der Waals surface area contributed by atoms with Crippen LogP contribution < -0.4 is 0 Å². The Morgan fingerprint density at radius 2 is 1.50 bits per heavy atom. The van der Waals surface area contributed by atoms with Crippen LogP contribution in [-0.4, -0.2) is 5.78 Å². The smallest absolute Gasteiger partial charge is 0.194 e. The Morgan fingerprint density at radius 1 is 0.944 bits per heavy atom. The maximum absolute atomic E-state index is 12.6. The molecule has 18 heavy (non-hydrogen) atoms. The molecule has 0 unspecified atom stereocenters. The predicted octanol–water partition coefficient (Wildman–Crippen LogP) is 4.52. The highest BCUT2D eigenvalue weighted by Gasteiger charge is 2.18. The summed E-state index contributed by atoms with van der Waals surface area (Å²) in [5.74, 6) is 0.159. The first-order valence-electron chi connectivity index (χ1n) is 6.09. The van der Waals surface area contributed by atoms with Gasteiger partial charge in [-0.05, 0) is 51.8 Å². The van der Waals surface area contributed by atoms with Gasteiger partial charge < -0.3 is 0 Å². The third-order valence-electron chi connectivity index (χ3n) is 3.19. The van der Waals surface area contributed by atoms with Crippen LogP contribution in [0.4, 0.5) is 0 Å². The van der Waals surface area contributed by atoms with Gasteiger partial charge in [-0.2, -0.15) is 0 Å². The molecule has 1 aromatic carbocycles. The summed E-state index contributed by atoms with van der Waals surface area (Å²) in [6, 6.07) is 6.16. The monoisotopic (exact) mass is 258 g/mol. The normalized spacial score (nSPS) is 10.7. The van der Waals surface area contributed by atoms with Crippen LogP contribution in [0, 0.1) is 34.6 Å². The Bertz CT molecular complexity index is 597. The lowest BCUT2D eigenvalue weighted by Crippen LogP contribution is -2.07. The van der Waals surface area contributed by atoms with E-state index >= 15 is 0 Å². The first kappa shape index (κ1) is 13.0. The van der Waals surface area contributed by atoms with Gasteiger partial charge in [0.05, 0.1) is 0 Å². The summed E-state index contributed by atoms with van der Waals surface area (Å²) in [7, 11) is 0. The molecular weight excluding hydrogens is 240 g/mol. The van der Waals surface area contributed by atoms with Crippen molar-refractivity contribution in [3.8, 4) is 0 Å². The molecule has 0 aliphatic carbocycles. The molecule has 0 aliphatic heterocycles. The standard InChI is InChI=1S/C16H18OS/c1-9-6-10(2)15(11(3)7-9)16(17)14-8-12(4)18-13(14)5/h6-8H,1-5H3. The van der Waals surface area contributed by atoms with E-state index in [0.29, 0.717) is 0 Å². The first-order chi connectivity index (χ1) is 8.40. The lowest BCUT2D eigenvalue weighted by atomic mass is 9.93. The zero-order valence-corrected chi connectivity index (χ0v) is 12.4. The van der Waals surface area contributed by atoms with Gasteiger partial charge in [0.25, 0.3) is 0 Å². The van der Waals surface area contributed by atoms with E-state index in [-0.39, 0.29) is 5.78 Å². The summed E-state index contributed by atoms with van der Waals surface area (Å²) < 4.78 is 0.